The van der Waals surface area contributed by atoms with Crippen LogP contribution in [-0.2, 0) is 4.79 Å². The largest absolute Gasteiger partial charge is 0.497 e. The Bertz CT molecular complexity index is 978. The zero-order chi connectivity index (χ0) is 20.6. The maximum absolute atomic E-state index is 11.8. The van der Waals surface area contributed by atoms with Gasteiger partial charge in [0.05, 0.1) is 12.7 Å². The van der Waals surface area contributed by atoms with E-state index in [2.05, 4.69) is 15.5 Å². The van der Waals surface area contributed by atoms with Crippen LogP contribution in [0.15, 0.2) is 53.1 Å². The molecule has 150 valence electrons. The van der Waals surface area contributed by atoms with Gasteiger partial charge in [-0.05, 0) is 49.8 Å². The average molecular weight is 393 g/mol. The molecule has 0 fully saturated rings. The summed E-state index contributed by atoms with van der Waals surface area (Å²) in [6.45, 7) is 3.70. The van der Waals surface area contributed by atoms with Crippen LogP contribution in [0.3, 0.4) is 0 Å². The first-order valence-corrected chi connectivity index (χ1v) is 9.22. The molecule has 1 aromatic heterocycles. The van der Waals surface area contributed by atoms with Gasteiger partial charge in [-0.2, -0.15) is 4.98 Å². The number of ether oxygens (including phenoxy) is 2. The van der Waals surface area contributed by atoms with Gasteiger partial charge in [0, 0.05) is 12.1 Å². The number of benzene rings is 2. The lowest BCUT2D eigenvalue weighted by atomic mass is 10.2. The van der Waals surface area contributed by atoms with Crippen LogP contribution in [0.5, 0.6) is 11.5 Å². The summed E-state index contributed by atoms with van der Waals surface area (Å²) in [5.41, 5.74) is 1.63. The first kappa shape index (κ1) is 20.1. The molecule has 3 rings (SSSR count). The molecule has 1 amide bonds. The number of amides is 1. The number of aromatic nitrogens is 2. The van der Waals surface area contributed by atoms with Crippen molar-refractivity contribution >= 4 is 18.1 Å². The third kappa shape index (κ3) is 5.68. The number of nitrogens with one attached hydrogen (secondary N) is 1. The fraction of sp³-hybridized carbons (Fsp3) is 0.227. The van der Waals surface area contributed by atoms with Crippen molar-refractivity contribution in [3.63, 3.8) is 0 Å². The molecular formula is C22H23N3O4. The molecule has 29 heavy (non-hydrogen) atoms. The Morgan fingerprint density at radius 1 is 1.14 bits per heavy atom. The summed E-state index contributed by atoms with van der Waals surface area (Å²) in [6, 6.07) is 14.9. The maximum Gasteiger partial charge on any atom is 0.258 e. The van der Waals surface area contributed by atoms with Crippen LogP contribution in [0.25, 0.3) is 23.5 Å². The summed E-state index contributed by atoms with van der Waals surface area (Å²) in [6.07, 6.45) is 3.60. The molecule has 0 saturated carbocycles. The van der Waals surface area contributed by atoms with Crippen molar-refractivity contribution < 1.29 is 18.8 Å². The molecule has 0 radical (unpaired) electrons. The summed E-state index contributed by atoms with van der Waals surface area (Å²) in [7, 11) is 1.63. The number of hydrogen-bond acceptors (Lipinski definition) is 6. The molecule has 7 nitrogen and oxygen atoms in total. The highest BCUT2D eigenvalue weighted by atomic mass is 16.5. The van der Waals surface area contributed by atoms with Crippen molar-refractivity contribution in [1.29, 1.82) is 0 Å². The van der Waals surface area contributed by atoms with Crippen LogP contribution in [-0.4, -0.2) is 35.8 Å². The van der Waals surface area contributed by atoms with E-state index in [0.717, 1.165) is 11.3 Å². The molecule has 2 aromatic carbocycles. The predicted molar refractivity (Wildman–Crippen MR) is 110 cm³/mol. The second-order valence-electron chi connectivity index (χ2n) is 6.57. The third-order valence-corrected chi connectivity index (χ3v) is 3.91. The van der Waals surface area contributed by atoms with Gasteiger partial charge in [-0.3, -0.25) is 4.79 Å². The lowest BCUT2D eigenvalue weighted by Crippen LogP contribution is -2.34. The first-order valence-electron chi connectivity index (χ1n) is 9.22. The molecule has 0 spiro atoms. The Morgan fingerprint density at radius 3 is 2.62 bits per heavy atom. The highest BCUT2D eigenvalue weighted by molar-refractivity contribution is 5.78. The van der Waals surface area contributed by atoms with Gasteiger partial charge < -0.3 is 19.3 Å². The minimum atomic E-state index is -0.189. The second kappa shape index (κ2) is 9.54. The van der Waals surface area contributed by atoms with E-state index in [0.29, 0.717) is 23.0 Å². The van der Waals surface area contributed by atoms with Crippen molar-refractivity contribution in [1.82, 2.24) is 15.5 Å². The standard InChI is InChI=1S/C22H23N3O4/c1-15(2)23-20(26)14-28-19-7-5-4-6-18(19)22-24-21(29-25-22)13-10-16-8-11-17(27-3)12-9-16/h4-13,15H,14H2,1-3H3,(H,23,26). The molecule has 0 aliphatic heterocycles. The van der Waals surface area contributed by atoms with Gasteiger partial charge in [0.15, 0.2) is 6.61 Å². The van der Waals surface area contributed by atoms with Crippen molar-refractivity contribution in [3.05, 3.63) is 60.0 Å². The van der Waals surface area contributed by atoms with Crippen LogP contribution in [0, 0.1) is 0 Å². The maximum atomic E-state index is 11.8. The Balaban J connectivity index is 1.71. The minimum absolute atomic E-state index is 0.0543. The van der Waals surface area contributed by atoms with Crippen molar-refractivity contribution in [2.24, 2.45) is 0 Å². The highest BCUT2D eigenvalue weighted by Gasteiger charge is 2.13. The van der Waals surface area contributed by atoms with Crippen molar-refractivity contribution in [3.8, 4) is 22.9 Å². The average Bonchev–Trinajstić information content (AvgIpc) is 3.20. The number of carbonyl (C=O) groups is 1. The molecule has 0 aliphatic carbocycles. The molecular weight excluding hydrogens is 370 g/mol. The number of rotatable bonds is 8. The molecule has 0 saturated heterocycles. The summed E-state index contributed by atoms with van der Waals surface area (Å²) >= 11 is 0. The second-order valence-corrected chi connectivity index (χ2v) is 6.57. The molecule has 0 aliphatic rings. The zero-order valence-electron chi connectivity index (χ0n) is 16.6. The number of methoxy groups -OCH3 is 1. The number of para-hydroxylation sites is 1. The van der Waals surface area contributed by atoms with E-state index < -0.39 is 0 Å². The molecule has 7 heteroatoms. The van der Waals surface area contributed by atoms with E-state index in [-0.39, 0.29) is 18.6 Å². The van der Waals surface area contributed by atoms with Crippen molar-refractivity contribution in [2.75, 3.05) is 13.7 Å². The topological polar surface area (TPSA) is 86.5 Å². The van der Waals surface area contributed by atoms with Gasteiger partial charge in [-0.1, -0.05) is 29.4 Å². The fourth-order valence-corrected chi connectivity index (χ4v) is 2.58. The molecule has 3 aromatic rings. The minimum Gasteiger partial charge on any atom is -0.497 e. The number of nitrogens with zero attached hydrogens (tertiary/aromatic N) is 2. The Hall–Kier alpha value is -3.61. The normalized spacial score (nSPS) is 11.0. The molecule has 0 bridgehead atoms. The highest BCUT2D eigenvalue weighted by Crippen LogP contribution is 2.27. The van der Waals surface area contributed by atoms with E-state index in [1.54, 1.807) is 19.3 Å². The number of carbonyl (C=O) groups excluding carboxylic acids is 1. The molecule has 1 heterocycles. The molecule has 0 unspecified atom stereocenters. The van der Waals surface area contributed by atoms with Gasteiger partial charge in [0.2, 0.25) is 5.82 Å². The quantitative estimate of drug-likeness (QED) is 0.626. The predicted octanol–water partition coefficient (Wildman–Crippen LogP) is 3.82. The SMILES string of the molecule is COc1ccc(C=Cc2nc(-c3ccccc3OCC(=O)NC(C)C)no2)cc1. The van der Waals surface area contributed by atoms with Crippen LogP contribution in [0.1, 0.15) is 25.3 Å². The van der Waals surface area contributed by atoms with E-state index in [9.17, 15) is 4.79 Å². The van der Waals surface area contributed by atoms with Gasteiger partial charge in [-0.25, -0.2) is 0 Å². The Kier molecular flexibility index (Phi) is 6.63. The smallest absolute Gasteiger partial charge is 0.258 e. The van der Waals surface area contributed by atoms with Crippen LogP contribution in [0.4, 0.5) is 0 Å². The van der Waals surface area contributed by atoms with E-state index in [1.807, 2.05) is 62.4 Å². The Labute approximate surface area is 169 Å². The van der Waals surface area contributed by atoms with Gasteiger partial charge in [0.1, 0.15) is 11.5 Å². The molecule has 0 atom stereocenters. The monoisotopic (exact) mass is 393 g/mol. The summed E-state index contributed by atoms with van der Waals surface area (Å²) in [5, 5.41) is 6.81. The summed E-state index contributed by atoms with van der Waals surface area (Å²) < 4.78 is 16.1. The van der Waals surface area contributed by atoms with Gasteiger partial charge in [0.25, 0.3) is 11.8 Å². The summed E-state index contributed by atoms with van der Waals surface area (Å²) in [4.78, 5) is 16.2. The third-order valence-electron chi connectivity index (χ3n) is 3.91. The Morgan fingerprint density at radius 2 is 1.90 bits per heavy atom. The lowest BCUT2D eigenvalue weighted by molar-refractivity contribution is -0.123. The molecule has 1 N–H and O–H groups in total. The van der Waals surface area contributed by atoms with Crippen molar-refractivity contribution in [2.45, 2.75) is 19.9 Å². The lowest BCUT2D eigenvalue weighted by Gasteiger charge is -2.11. The van der Waals surface area contributed by atoms with Crippen LogP contribution < -0.4 is 14.8 Å². The van der Waals surface area contributed by atoms with Crippen LogP contribution in [0.2, 0.25) is 0 Å². The van der Waals surface area contributed by atoms with E-state index in [4.69, 9.17) is 14.0 Å². The van der Waals surface area contributed by atoms with Crippen LogP contribution >= 0.6 is 0 Å². The van der Waals surface area contributed by atoms with Gasteiger partial charge in [-0.15, -0.1) is 0 Å². The fourth-order valence-electron chi connectivity index (χ4n) is 2.58. The number of hydrogen-bond donors (Lipinski definition) is 1. The van der Waals surface area contributed by atoms with E-state index in [1.165, 1.54) is 0 Å². The first-order chi connectivity index (χ1) is 14.0. The summed E-state index contributed by atoms with van der Waals surface area (Å²) in [5.74, 6) is 1.87. The zero-order valence-corrected chi connectivity index (χ0v) is 16.6. The van der Waals surface area contributed by atoms with E-state index >= 15 is 0 Å². The van der Waals surface area contributed by atoms with Gasteiger partial charge >= 0.3 is 0 Å².